The minimum Gasteiger partial charge on any atom is -0.506 e. The van der Waals surface area contributed by atoms with Gasteiger partial charge in [-0.15, -0.1) is 0 Å². The number of anilines is 1. The molecular weight excluding hydrogens is 601 g/mol. The van der Waals surface area contributed by atoms with Crippen molar-refractivity contribution >= 4 is 22.6 Å². The molecule has 0 fully saturated rings. The molecule has 1 amide bonds. The average Bonchev–Trinajstić information content (AvgIpc) is 3.51. The number of oxazole rings is 1. The van der Waals surface area contributed by atoms with Crippen molar-refractivity contribution in [3.63, 3.8) is 0 Å². The second-order valence-corrected chi connectivity index (χ2v) is 10.9. The Morgan fingerprint density at radius 1 is 0.638 bits per heavy atom. The first-order valence-electron chi connectivity index (χ1n) is 14.7. The number of para-hydroxylation sites is 1. The molecule has 47 heavy (non-hydrogen) atoms. The third-order valence-corrected chi connectivity index (χ3v) is 7.92. The van der Waals surface area contributed by atoms with E-state index in [1.807, 2.05) is 36.4 Å². The highest BCUT2D eigenvalue weighted by Crippen LogP contribution is 2.42. The van der Waals surface area contributed by atoms with Crippen molar-refractivity contribution in [1.29, 1.82) is 0 Å². The Labute approximate surface area is 267 Å². The first-order valence-corrected chi connectivity index (χ1v) is 14.7. The smallest absolute Gasteiger partial charge is 0.416 e. The van der Waals surface area contributed by atoms with Gasteiger partial charge in [-0.1, -0.05) is 103 Å². The van der Waals surface area contributed by atoms with Crippen molar-refractivity contribution in [3.05, 3.63) is 151 Å². The Balaban J connectivity index is 1.24. The van der Waals surface area contributed by atoms with Gasteiger partial charge in [-0.25, -0.2) is 4.98 Å². The van der Waals surface area contributed by atoms with Gasteiger partial charge < -0.3 is 9.52 Å². The van der Waals surface area contributed by atoms with Crippen molar-refractivity contribution in [3.8, 4) is 50.7 Å². The van der Waals surface area contributed by atoms with Gasteiger partial charge in [-0.2, -0.15) is 13.2 Å². The number of phenols is 1. The van der Waals surface area contributed by atoms with Gasteiger partial charge in [0.05, 0.1) is 11.1 Å². The zero-order valence-corrected chi connectivity index (χ0v) is 24.6. The fourth-order valence-electron chi connectivity index (χ4n) is 5.46. The van der Waals surface area contributed by atoms with Crippen LogP contribution in [0.1, 0.15) is 15.9 Å². The maximum atomic E-state index is 13.3. The van der Waals surface area contributed by atoms with Crippen LogP contribution in [0.5, 0.6) is 5.75 Å². The first kappa shape index (κ1) is 29.6. The van der Waals surface area contributed by atoms with Crippen LogP contribution in [0.3, 0.4) is 0 Å². The van der Waals surface area contributed by atoms with Gasteiger partial charge in [-0.3, -0.25) is 10.1 Å². The van der Waals surface area contributed by atoms with Crippen molar-refractivity contribution in [1.82, 2.24) is 4.98 Å². The van der Waals surface area contributed by atoms with E-state index >= 15 is 0 Å². The Kier molecular flexibility index (Phi) is 7.53. The van der Waals surface area contributed by atoms with Gasteiger partial charge in [0.2, 0.25) is 11.8 Å². The fraction of sp³-hybridized carbons (Fsp3) is 0.0256. The fourth-order valence-corrected chi connectivity index (χ4v) is 5.46. The third-order valence-electron chi connectivity index (χ3n) is 7.92. The summed E-state index contributed by atoms with van der Waals surface area (Å²) in [4.78, 5) is 17.6. The number of carbonyl (C=O) groups is 1. The minimum absolute atomic E-state index is 0.0182. The van der Waals surface area contributed by atoms with Crippen LogP contribution in [-0.2, 0) is 6.18 Å². The topological polar surface area (TPSA) is 75.4 Å². The Morgan fingerprint density at radius 3 is 1.98 bits per heavy atom. The summed E-state index contributed by atoms with van der Waals surface area (Å²) in [6.07, 6.45) is -4.52. The molecule has 6 aromatic carbocycles. The summed E-state index contributed by atoms with van der Waals surface area (Å²) in [5, 5.41) is 16.4. The summed E-state index contributed by atoms with van der Waals surface area (Å²) in [7, 11) is 0. The lowest BCUT2D eigenvalue weighted by Gasteiger charge is -2.10. The molecule has 5 nitrogen and oxygen atoms in total. The molecule has 1 heterocycles. The number of aromatic hydroxyl groups is 1. The molecule has 0 aliphatic heterocycles. The molecule has 8 heteroatoms. The number of alkyl halides is 3. The molecule has 2 N–H and O–H groups in total. The number of rotatable bonds is 6. The largest absolute Gasteiger partial charge is 0.506 e. The van der Waals surface area contributed by atoms with E-state index in [1.165, 1.54) is 12.1 Å². The molecule has 230 valence electrons. The van der Waals surface area contributed by atoms with E-state index in [0.29, 0.717) is 11.1 Å². The molecule has 0 saturated heterocycles. The lowest BCUT2D eigenvalue weighted by atomic mass is 9.97. The highest BCUT2D eigenvalue weighted by atomic mass is 19.4. The maximum Gasteiger partial charge on any atom is 0.416 e. The molecule has 1 aromatic heterocycles. The van der Waals surface area contributed by atoms with Crippen molar-refractivity contribution in [2.24, 2.45) is 0 Å². The summed E-state index contributed by atoms with van der Waals surface area (Å²) < 4.78 is 45.8. The number of benzene rings is 6. The standard InChI is InChI=1S/C39H25F3N2O3/c40-39(41,42)31-21-19-27(20-22-31)34-38(44-36(46)28-8-2-1-3-9-28)47-37(43-34)33-12-6-11-32(35(33)45)26-16-13-25(14-17-26)30-18-15-24-7-4-5-10-29(24)23-30/h1-23,45H,(H,44,46). The number of fused-ring (bicyclic) bond motifs is 1. The van der Waals surface area contributed by atoms with Crippen LogP contribution in [0.4, 0.5) is 19.1 Å². The first-order chi connectivity index (χ1) is 22.7. The number of amides is 1. The molecule has 0 bridgehead atoms. The summed E-state index contributed by atoms with van der Waals surface area (Å²) in [5.74, 6) is -0.688. The average molecular weight is 627 g/mol. The van der Waals surface area contributed by atoms with E-state index in [4.69, 9.17) is 4.42 Å². The van der Waals surface area contributed by atoms with E-state index in [0.717, 1.165) is 39.6 Å². The van der Waals surface area contributed by atoms with Crippen LogP contribution in [0.15, 0.2) is 144 Å². The van der Waals surface area contributed by atoms with Crippen molar-refractivity contribution < 1.29 is 27.5 Å². The van der Waals surface area contributed by atoms with Gasteiger partial charge in [0.1, 0.15) is 11.4 Å². The van der Waals surface area contributed by atoms with Gasteiger partial charge in [0.15, 0.2) is 0 Å². The summed E-state index contributed by atoms with van der Waals surface area (Å²) in [6.45, 7) is 0. The van der Waals surface area contributed by atoms with Crippen LogP contribution in [-0.4, -0.2) is 16.0 Å². The van der Waals surface area contributed by atoms with Crippen LogP contribution < -0.4 is 5.32 Å². The van der Waals surface area contributed by atoms with Gasteiger partial charge in [0, 0.05) is 16.7 Å². The van der Waals surface area contributed by atoms with Crippen molar-refractivity contribution in [2.75, 3.05) is 5.32 Å². The number of nitrogens with one attached hydrogen (secondary N) is 1. The summed E-state index contributed by atoms with van der Waals surface area (Å²) in [6, 6.07) is 40.2. The van der Waals surface area contributed by atoms with Crippen LogP contribution >= 0.6 is 0 Å². The van der Waals surface area contributed by atoms with Crippen LogP contribution in [0.25, 0.3) is 55.7 Å². The SMILES string of the molecule is O=C(Nc1oc(-c2cccc(-c3ccc(-c4ccc5ccccc5c4)cc3)c2O)nc1-c1ccc(C(F)(F)F)cc1)c1ccccc1. The number of phenolic OH excluding ortho intramolecular Hbond substituents is 1. The van der Waals surface area contributed by atoms with E-state index < -0.39 is 17.6 Å². The number of halogens is 3. The molecule has 7 aromatic rings. The van der Waals surface area contributed by atoms with E-state index in [9.17, 15) is 23.1 Å². The molecule has 0 saturated carbocycles. The predicted molar refractivity (Wildman–Crippen MR) is 177 cm³/mol. The monoisotopic (exact) mass is 626 g/mol. The molecule has 0 atom stereocenters. The number of hydrogen-bond acceptors (Lipinski definition) is 4. The molecule has 7 rings (SSSR count). The molecule has 0 aliphatic rings. The van der Waals surface area contributed by atoms with Crippen LogP contribution in [0, 0.1) is 0 Å². The number of hydrogen-bond donors (Lipinski definition) is 2. The number of aromatic nitrogens is 1. The van der Waals surface area contributed by atoms with E-state index in [2.05, 4.69) is 40.6 Å². The molecule has 0 radical (unpaired) electrons. The van der Waals surface area contributed by atoms with Crippen LogP contribution in [0.2, 0.25) is 0 Å². The Hall–Kier alpha value is -6.15. The minimum atomic E-state index is -4.52. The zero-order chi connectivity index (χ0) is 32.5. The van der Waals surface area contributed by atoms with Gasteiger partial charge in [-0.05, 0) is 63.9 Å². The second kappa shape index (κ2) is 12.0. The molecule has 0 spiro atoms. The Morgan fingerprint density at radius 2 is 1.26 bits per heavy atom. The molecule has 0 aliphatic carbocycles. The molecule has 0 unspecified atom stereocenters. The quantitative estimate of drug-likeness (QED) is 0.193. The highest BCUT2D eigenvalue weighted by Gasteiger charge is 2.30. The number of carbonyl (C=O) groups excluding carboxylic acids is 1. The zero-order valence-electron chi connectivity index (χ0n) is 24.6. The lowest BCUT2D eigenvalue weighted by Crippen LogP contribution is -2.11. The van der Waals surface area contributed by atoms with Gasteiger partial charge in [0.25, 0.3) is 5.91 Å². The normalized spacial score (nSPS) is 11.5. The van der Waals surface area contributed by atoms with Crippen molar-refractivity contribution in [2.45, 2.75) is 6.18 Å². The number of nitrogens with zero attached hydrogens (tertiary/aromatic N) is 1. The van der Waals surface area contributed by atoms with Gasteiger partial charge >= 0.3 is 6.18 Å². The van der Waals surface area contributed by atoms with E-state index in [-0.39, 0.29) is 34.3 Å². The highest BCUT2D eigenvalue weighted by molar-refractivity contribution is 6.05. The summed E-state index contributed by atoms with van der Waals surface area (Å²) >= 11 is 0. The van der Waals surface area contributed by atoms with E-state index in [1.54, 1.807) is 48.5 Å². The second-order valence-electron chi connectivity index (χ2n) is 10.9. The third kappa shape index (κ3) is 5.96. The molecular formula is C39H25F3N2O3. The lowest BCUT2D eigenvalue weighted by molar-refractivity contribution is -0.137. The maximum absolute atomic E-state index is 13.3. The Bertz CT molecular complexity index is 2220. The summed E-state index contributed by atoms with van der Waals surface area (Å²) in [5.41, 5.74) is 3.53. The predicted octanol–water partition coefficient (Wildman–Crippen LogP) is 10.5.